The number of likely N-dealkylation sites (N-methyl/N-ethyl adjacent to an activating group) is 1. The molecule has 0 radical (unpaired) electrons. The van der Waals surface area contributed by atoms with Gasteiger partial charge in [-0.05, 0) is 63.4 Å². The van der Waals surface area contributed by atoms with Crippen molar-refractivity contribution in [2.24, 2.45) is 0 Å². The minimum Gasteiger partial charge on any atom is -0.374 e. The number of benzene rings is 2. The second-order valence-electron chi connectivity index (χ2n) is 10.1. The Morgan fingerprint density at radius 2 is 1.87 bits per heavy atom. The fourth-order valence-electron chi connectivity index (χ4n) is 4.85. The largest absolute Gasteiger partial charge is 0.374 e. The van der Waals surface area contributed by atoms with E-state index in [4.69, 9.17) is 20.9 Å². The van der Waals surface area contributed by atoms with E-state index in [9.17, 15) is 13.2 Å². The highest BCUT2D eigenvalue weighted by Gasteiger charge is 2.39. The molecule has 1 fully saturated rings. The van der Waals surface area contributed by atoms with Gasteiger partial charge in [-0.15, -0.1) is 0 Å². The van der Waals surface area contributed by atoms with Gasteiger partial charge in [-0.2, -0.15) is 0 Å². The zero-order valence-electron chi connectivity index (χ0n) is 22.6. The monoisotopic (exact) mass is 574 g/mol. The lowest BCUT2D eigenvalue weighted by atomic mass is 9.95. The first-order chi connectivity index (χ1) is 18.6. The second-order valence-corrected chi connectivity index (χ2v) is 12.1. The fourth-order valence-corrected chi connectivity index (χ4v) is 6.25. The van der Waals surface area contributed by atoms with E-state index in [1.807, 2.05) is 39.1 Å². The molecule has 3 aromatic rings. The van der Waals surface area contributed by atoms with Gasteiger partial charge in [0, 0.05) is 12.1 Å². The molecule has 0 unspecified atom stereocenters. The third kappa shape index (κ3) is 6.46. The molecule has 0 aliphatic heterocycles. The highest BCUT2D eigenvalue weighted by atomic mass is 35.5. The molecule has 1 aliphatic rings. The van der Waals surface area contributed by atoms with Crippen molar-refractivity contribution in [1.29, 1.82) is 0 Å². The molecule has 0 bridgehead atoms. The number of anilines is 1. The summed E-state index contributed by atoms with van der Waals surface area (Å²) in [5, 5.41) is 10.1. The molecule has 1 amide bonds. The van der Waals surface area contributed by atoms with Gasteiger partial charge in [-0.3, -0.25) is 9.52 Å². The van der Waals surface area contributed by atoms with Gasteiger partial charge in [0.2, 0.25) is 11.7 Å². The van der Waals surface area contributed by atoms with Crippen molar-refractivity contribution in [3.63, 3.8) is 0 Å². The Hall–Kier alpha value is -2.92. The van der Waals surface area contributed by atoms with Gasteiger partial charge in [0.25, 0.3) is 10.0 Å². The Kier molecular flexibility index (Phi) is 9.00. The Bertz CT molecular complexity index is 1430. The van der Waals surface area contributed by atoms with Crippen molar-refractivity contribution >= 4 is 33.3 Å². The predicted octanol–water partition coefficient (Wildman–Crippen LogP) is 5.18. The van der Waals surface area contributed by atoms with Crippen LogP contribution in [-0.4, -0.2) is 38.2 Å². The van der Waals surface area contributed by atoms with Gasteiger partial charge < -0.3 is 19.9 Å². The number of hydrogen-bond donors (Lipinski definition) is 3. The summed E-state index contributed by atoms with van der Waals surface area (Å²) in [6, 6.07) is 12.4. The van der Waals surface area contributed by atoms with E-state index in [1.165, 1.54) is 6.07 Å². The van der Waals surface area contributed by atoms with Crippen molar-refractivity contribution in [3.05, 3.63) is 64.4 Å². The molecule has 0 saturated heterocycles. The van der Waals surface area contributed by atoms with Gasteiger partial charge in [-0.1, -0.05) is 66.0 Å². The first kappa shape index (κ1) is 29.1. The molecule has 0 spiro atoms. The van der Waals surface area contributed by atoms with E-state index in [0.717, 1.165) is 36.8 Å². The first-order valence-corrected chi connectivity index (χ1v) is 14.9. The number of rotatable bonds is 11. The molecule has 0 atom stereocenters. The van der Waals surface area contributed by atoms with Crippen LogP contribution in [-0.2, 0) is 32.7 Å². The van der Waals surface area contributed by atoms with Crippen LogP contribution in [0.4, 0.5) is 5.82 Å². The summed E-state index contributed by atoms with van der Waals surface area (Å²) in [6.07, 6.45) is 3.66. The summed E-state index contributed by atoms with van der Waals surface area (Å²) >= 11 is 6.15. The molecule has 210 valence electrons. The zero-order valence-corrected chi connectivity index (χ0v) is 24.2. The van der Waals surface area contributed by atoms with E-state index in [1.54, 1.807) is 25.1 Å². The Balaban J connectivity index is 1.65. The maximum atomic E-state index is 13.4. The number of nitrogens with one attached hydrogen (secondary N) is 3. The Labute approximate surface area is 234 Å². The van der Waals surface area contributed by atoms with E-state index in [-0.39, 0.29) is 34.4 Å². The highest BCUT2D eigenvalue weighted by molar-refractivity contribution is 7.92. The van der Waals surface area contributed by atoms with Crippen LogP contribution in [0.5, 0.6) is 0 Å². The number of ether oxygens (including phenoxy) is 1. The smallest absolute Gasteiger partial charge is 0.263 e. The second kappa shape index (κ2) is 12.1. The number of aromatic nitrogens is 1. The summed E-state index contributed by atoms with van der Waals surface area (Å²) < 4.78 is 40.2. The number of aryl methyl sites for hydroxylation is 1. The quantitative estimate of drug-likeness (QED) is 0.288. The van der Waals surface area contributed by atoms with E-state index in [0.29, 0.717) is 23.4 Å². The molecule has 1 saturated carbocycles. The maximum absolute atomic E-state index is 13.4. The van der Waals surface area contributed by atoms with E-state index in [2.05, 4.69) is 20.5 Å². The molecular formula is C28H35ClN4O5S. The molecule has 11 heteroatoms. The molecular weight excluding hydrogens is 540 g/mol. The van der Waals surface area contributed by atoms with Crippen molar-refractivity contribution < 1.29 is 22.5 Å². The van der Waals surface area contributed by atoms with Crippen LogP contribution in [0.1, 0.15) is 56.4 Å². The Morgan fingerprint density at radius 3 is 2.51 bits per heavy atom. The van der Waals surface area contributed by atoms with Crippen molar-refractivity contribution in [2.45, 2.75) is 76.1 Å². The molecule has 1 heterocycles. The molecule has 1 aliphatic carbocycles. The standard InChI is InChI=1S/C28H35ClN4O5S/c1-18(2)37-17-21-15-20(16-31-27(34)28(30-4)13-7-8-14-28)11-12-22(21)23-9-5-6-10-24(23)39(35,36)33-26-25(29)19(3)38-32-26/h5-6,9-12,15,18,30H,7-8,13-14,16-17H2,1-4H3,(H,31,34)(H,32,33). The molecule has 4 rings (SSSR count). The lowest BCUT2D eigenvalue weighted by Crippen LogP contribution is -2.53. The van der Waals surface area contributed by atoms with E-state index >= 15 is 0 Å². The maximum Gasteiger partial charge on any atom is 0.263 e. The number of carbonyl (C=O) groups is 1. The van der Waals surface area contributed by atoms with Crippen molar-refractivity contribution in [1.82, 2.24) is 15.8 Å². The summed E-state index contributed by atoms with van der Waals surface area (Å²) in [5.41, 5.74) is 2.38. The normalized spacial score (nSPS) is 15.0. The van der Waals surface area contributed by atoms with Crippen LogP contribution < -0.4 is 15.4 Å². The number of sulfonamides is 1. The SMILES string of the molecule is CNC1(C(=O)NCc2ccc(-c3ccccc3S(=O)(=O)Nc3noc(C)c3Cl)c(COC(C)C)c2)CCCC1. The molecule has 3 N–H and O–H groups in total. The Morgan fingerprint density at radius 1 is 1.15 bits per heavy atom. The fraction of sp³-hybridized carbons (Fsp3) is 0.429. The minimum atomic E-state index is -4.06. The van der Waals surface area contributed by atoms with Gasteiger partial charge in [0.1, 0.15) is 5.02 Å². The van der Waals surface area contributed by atoms with Crippen molar-refractivity contribution in [2.75, 3.05) is 11.8 Å². The molecule has 9 nitrogen and oxygen atoms in total. The number of nitrogens with zero attached hydrogens (tertiary/aromatic N) is 1. The molecule has 1 aromatic heterocycles. The lowest BCUT2D eigenvalue weighted by molar-refractivity contribution is -0.127. The summed E-state index contributed by atoms with van der Waals surface area (Å²) in [6.45, 7) is 6.09. The van der Waals surface area contributed by atoms with Crippen molar-refractivity contribution in [3.8, 4) is 11.1 Å². The van der Waals surface area contributed by atoms with Crippen LogP contribution in [0.2, 0.25) is 5.02 Å². The number of hydrogen-bond acceptors (Lipinski definition) is 7. The van der Waals surface area contributed by atoms with Crippen LogP contribution in [0.3, 0.4) is 0 Å². The van der Waals surface area contributed by atoms with Crippen LogP contribution >= 0.6 is 11.6 Å². The number of amides is 1. The van der Waals surface area contributed by atoms with Gasteiger partial charge in [0.05, 0.1) is 23.1 Å². The van der Waals surface area contributed by atoms with Gasteiger partial charge >= 0.3 is 0 Å². The highest BCUT2D eigenvalue weighted by Crippen LogP contribution is 2.34. The van der Waals surface area contributed by atoms with E-state index < -0.39 is 15.6 Å². The third-order valence-electron chi connectivity index (χ3n) is 7.05. The van der Waals surface area contributed by atoms with Gasteiger partial charge in [-0.25, -0.2) is 8.42 Å². The summed E-state index contributed by atoms with van der Waals surface area (Å²) in [7, 11) is -2.23. The average Bonchev–Trinajstić information content (AvgIpc) is 3.54. The van der Waals surface area contributed by atoms with Crippen LogP contribution in [0.25, 0.3) is 11.1 Å². The van der Waals surface area contributed by atoms with Gasteiger partial charge in [0.15, 0.2) is 5.76 Å². The topological polar surface area (TPSA) is 123 Å². The summed E-state index contributed by atoms with van der Waals surface area (Å²) in [4.78, 5) is 13.1. The van der Waals surface area contributed by atoms with Crippen LogP contribution in [0.15, 0.2) is 51.9 Å². The summed E-state index contributed by atoms with van der Waals surface area (Å²) in [5.74, 6) is 0.239. The number of carbonyl (C=O) groups excluding carboxylic acids is 1. The number of halogens is 1. The zero-order chi connectivity index (χ0) is 28.2. The predicted molar refractivity (Wildman–Crippen MR) is 151 cm³/mol. The minimum absolute atomic E-state index is 0.00387. The first-order valence-electron chi connectivity index (χ1n) is 13.0. The third-order valence-corrected chi connectivity index (χ3v) is 8.90. The van der Waals surface area contributed by atoms with Crippen LogP contribution in [0, 0.1) is 6.92 Å². The molecule has 2 aromatic carbocycles. The average molecular weight is 575 g/mol. The molecule has 39 heavy (non-hydrogen) atoms. The lowest BCUT2D eigenvalue weighted by Gasteiger charge is -2.27.